The molecule has 2 fully saturated rings. The van der Waals surface area contributed by atoms with E-state index >= 15 is 0 Å². The zero-order chi connectivity index (χ0) is 23.4. The normalized spacial score (nSPS) is 22.1. The first-order valence-corrected chi connectivity index (χ1v) is 11.8. The van der Waals surface area contributed by atoms with Crippen LogP contribution in [0.5, 0.6) is 0 Å². The number of carbonyl (C=O) groups is 1. The van der Waals surface area contributed by atoms with Gasteiger partial charge in [0.05, 0.1) is 18.0 Å². The Kier molecular flexibility index (Phi) is 7.31. The first-order chi connectivity index (χ1) is 15.9. The second-order valence-electron chi connectivity index (χ2n) is 9.02. The molecule has 0 spiro atoms. The maximum absolute atomic E-state index is 13.1. The minimum absolute atomic E-state index is 0.00606. The summed E-state index contributed by atoms with van der Waals surface area (Å²) in [4.78, 5) is 28.2. The van der Waals surface area contributed by atoms with E-state index in [0.717, 1.165) is 37.5 Å². The smallest absolute Gasteiger partial charge is 0.318 e. The zero-order valence-corrected chi connectivity index (χ0v) is 19.9. The molecule has 0 bridgehead atoms. The van der Waals surface area contributed by atoms with Crippen LogP contribution in [0.2, 0.25) is 5.02 Å². The molecule has 0 unspecified atom stereocenters. The fourth-order valence-electron chi connectivity index (χ4n) is 4.76. The number of hydrogen-bond donors (Lipinski definition) is 1. The summed E-state index contributed by atoms with van der Waals surface area (Å²) in [5.74, 6) is 0.598. The van der Waals surface area contributed by atoms with Gasteiger partial charge in [0.15, 0.2) is 0 Å². The van der Waals surface area contributed by atoms with Gasteiger partial charge < -0.3 is 15.1 Å². The van der Waals surface area contributed by atoms with Crippen LogP contribution in [0.3, 0.4) is 0 Å². The van der Waals surface area contributed by atoms with Crippen molar-refractivity contribution in [3.63, 3.8) is 0 Å². The number of halogens is 1. The van der Waals surface area contributed by atoms with Gasteiger partial charge >= 0.3 is 6.03 Å². The second kappa shape index (κ2) is 10.4. The van der Waals surface area contributed by atoms with E-state index in [9.17, 15) is 4.79 Å². The zero-order valence-electron chi connectivity index (χ0n) is 19.1. The van der Waals surface area contributed by atoms with Crippen LogP contribution in [0.4, 0.5) is 10.7 Å². The number of piperazine rings is 1. The highest BCUT2D eigenvalue weighted by Gasteiger charge is 2.35. The highest BCUT2D eigenvalue weighted by Crippen LogP contribution is 2.21. The van der Waals surface area contributed by atoms with E-state index in [-0.39, 0.29) is 24.2 Å². The predicted molar refractivity (Wildman–Crippen MR) is 128 cm³/mol. The molecule has 0 aliphatic carbocycles. The summed E-state index contributed by atoms with van der Waals surface area (Å²) in [6.07, 6.45) is 4.97. The van der Waals surface area contributed by atoms with Gasteiger partial charge in [-0.15, -0.1) is 0 Å². The van der Waals surface area contributed by atoms with Crippen LogP contribution in [-0.2, 0) is 6.54 Å². The van der Waals surface area contributed by atoms with Crippen LogP contribution in [0.1, 0.15) is 37.8 Å². The molecule has 8 nitrogen and oxygen atoms in total. The van der Waals surface area contributed by atoms with Gasteiger partial charge in [-0.1, -0.05) is 23.7 Å². The lowest BCUT2D eigenvalue weighted by Crippen LogP contribution is -2.62. The Morgan fingerprint density at radius 2 is 1.73 bits per heavy atom. The second-order valence-corrected chi connectivity index (χ2v) is 9.46. The molecule has 9 heteroatoms. The Hall–Kier alpha value is -2.89. The lowest BCUT2D eigenvalue weighted by molar-refractivity contribution is 0.130. The molecular formula is C24H30ClN7O. The van der Waals surface area contributed by atoms with Gasteiger partial charge in [-0.3, -0.25) is 4.90 Å². The topological polar surface area (TPSA) is 88.4 Å². The van der Waals surface area contributed by atoms with Crippen LogP contribution >= 0.6 is 11.6 Å². The molecule has 2 aliphatic rings. The Balaban J connectivity index is 1.27. The number of carbonyl (C=O) groups excluding carboxylic acids is 1. The SMILES string of the molecule is C[C@@H]1CN(c2ncc(C#N)cn2)C[C@@H](C)N1C(=O)NC1CCN(Cc2ccc(Cl)cc2)CC1. The number of benzene rings is 1. The molecule has 4 rings (SSSR count). The monoisotopic (exact) mass is 467 g/mol. The summed E-state index contributed by atoms with van der Waals surface area (Å²) in [7, 11) is 0. The summed E-state index contributed by atoms with van der Waals surface area (Å²) in [5.41, 5.74) is 1.70. The van der Waals surface area contributed by atoms with Crippen molar-refractivity contribution < 1.29 is 4.79 Å². The quantitative estimate of drug-likeness (QED) is 0.742. The number of nitriles is 1. The summed E-state index contributed by atoms with van der Waals surface area (Å²) in [5, 5.41) is 13.0. The molecule has 0 saturated carbocycles. The third kappa shape index (κ3) is 5.73. The van der Waals surface area contributed by atoms with Gasteiger partial charge in [-0.05, 0) is 44.4 Å². The maximum atomic E-state index is 13.1. The first-order valence-electron chi connectivity index (χ1n) is 11.5. The lowest BCUT2D eigenvalue weighted by atomic mass is 10.0. The highest BCUT2D eigenvalue weighted by molar-refractivity contribution is 6.30. The number of rotatable bonds is 4. The van der Waals surface area contributed by atoms with Crippen molar-refractivity contribution in [2.75, 3.05) is 31.1 Å². The molecule has 0 radical (unpaired) electrons. The highest BCUT2D eigenvalue weighted by atomic mass is 35.5. The van der Waals surface area contributed by atoms with Gasteiger partial charge in [-0.25, -0.2) is 14.8 Å². The minimum atomic E-state index is 0.00606. The van der Waals surface area contributed by atoms with Crippen LogP contribution in [0, 0.1) is 11.3 Å². The number of piperidine rings is 1. The Labute approximate surface area is 200 Å². The molecule has 33 heavy (non-hydrogen) atoms. The van der Waals surface area contributed by atoms with E-state index in [1.807, 2.05) is 23.1 Å². The summed E-state index contributed by atoms with van der Waals surface area (Å²) in [6, 6.07) is 10.3. The van der Waals surface area contributed by atoms with Crippen molar-refractivity contribution >= 4 is 23.6 Å². The molecular weight excluding hydrogens is 438 g/mol. The average Bonchev–Trinajstić information content (AvgIpc) is 2.81. The number of urea groups is 1. The van der Waals surface area contributed by atoms with Gasteiger partial charge in [0.2, 0.25) is 5.95 Å². The number of anilines is 1. The molecule has 1 N–H and O–H groups in total. The maximum Gasteiger partial charge on any atom is 0.318 e. The fraction of sp³-hybridized carbons (Fsp3) is 0.500. The van der Waals surface area contributed by atoms with Crippen LogP contribution in [0.15, 0.2) is 36.7 Å². The van der Waals surface area contributed by atoms with Crippen molar-refractivity contribution in [3.05, 3.63) is 52.8 Å². The van der Waals surface area contributed by atoms with E-state index < -0.39 is 0 Å². The van der Waals surface area contributed by atoms with Crippen LogP contribution in [0.25, 0.3) is 0 Å². The van der Waals surface area contributed by atoms with Crippen molar-refractivity contribution in [2.45, 2.75) is 51.4 Å². The third-order valence-electron chi connectivity index (χ3n) is 6.44. The van der Waals surface area contributed by atoms with Gasteiger partial charge in [-0.2, -0.15) is 5.26 Å². The van der Waals surface area contributed by atoms with Crippen LogP contribution < -0.4 is 10.2 Å². The Morgan fingerprint density at radius 3 is 2.30 bits per heavy atom. The molecule has 2 aliphatic heterocycles. The molecule has 2 saturated heterocycles. The van der Waals surface area contributed by atoms with Crippen molar-refractivity contribution in [2.24, 2.45) is 0 Å². The number of aromatic nitrogens is 2. The molecule has 3 heterocycles. The molecule has 2 amide bonds. The molecule has 1 aromatic carbocycles. The number of nitrogens with one attached hydrogen (secondary N) is 1. The van der Waals surface area contributed by atoms with Crippen molar-refractivity contribution in [1.29, 1.82) is 5.26 Å². The molecule has 174 valence electrons. The van der Waals surface area contributed by atoms with E-state index in [0.29, 0.717) is 24.6 Å². The first kappa shape index (κ1) is 23.3. The van der Waals surface area contributed by atoms with Gasteiger partial charge in [0.25, 0.3) is 0 Å². The summed E-state index contributed by atoms with van der Waals surface area (Å²) < 4.78 is 0. The van der Waals surface area contributed by atoms with E-state index in [2.05, 4.69) is 51.1 Å². The standard InChI is InChI=1S/C24H30ClN7O/c1-17-14-31(23-27-12-20(11-26)13-28-23)15-18(2)32(17)24(33)29-22-7-9-30(10-8-22)16-19-3-5-21(25)6-4-19/h3-6,12-13,17-18,22H,7-10,14-16H2,1-2H3,(H,29,33)/t17-,18-/m1/s1. The van der Waals surface area contributed by atoms with Crippen LogP contribution in [-0.4, -0.2) is 70.1 Å². The van der Waals surface area contributed by atoms with E-state index in [1.54, 1.807) is 0 Å². The summed E-state index contributed by atoms with van der Waals surface area (Å²) in [6.45, 7) is 8.25. The Morgan fingerprint density at radius 1 is 1.12 bits per heavy atom. The number of likely N-dealkylation sites (tertiary alicyclic amines) is 1. The number of nitrogens with zero attached hydrogens (tertiary/aromatic N) is 6. The molecule has 2 aromatic rings. The fourth-order valence-corrected chi connectivity index (χ4v) is 4.89. The van der Waals surface area contributed by atoms with Crippen molar-refractivity contribution in [3.8, 4) is 6.07 Å². The minimum Gasteiger partial charge on any atom is -0.337 e. The van der Waals surface area contributed by atoms with Gasteiger partial charge in [0.1, 0.15) is 6.07 Å². The number of amides is 2. The number of hydrogen-bond acceptors (Lipinski definition) is 6. The largest absolute Gasteiger partial charge is 0.337 e. The third-order valence-corrected chi connectivity index (χ3v) is 6.69. The summed E-state index contributed by atoms with van der Waals surface area (Å²) >= 11 is 5.98. The van der Waals surface area contributed by atoms with E-state index in [1.165, 1.54) is 18.0 Å². The van der Waals surface area contributed by atoms with Gasteiger partial charge in [0, 0.05) is 55.9 Å². The lowest BCUT2D eigenvalue weighted by Gasteiger charge is -2.45. The Bertz CT molecular complexity index is 971. The van der Waals surface area contributed by atoms with E-state index in [4.69, 9.17) is 16.9 Å². The molecule has 2 atom stereocenters. The predicted octanol–water partition coefficient (Wildman–Crippen LogP) is 3.27. The van der Waals surface area contributed by atoms with Crippen molar-refractivity contribution in [1.82, 2.24) is 25.1 Å². The average molecular weight is 468 g/mol. The molecule has 1 aromatic heterocycles.